The van der Waals surface area contributed by atoms with Gasteiger partial charge in [0.1, 0.15) is 0 Å². The quantitative estimate of drug-likeness (QED) is 0.518. The first-order valence-electron chi connectivity index (χ1n) is 7.39. The Morgan fingerprint density at radius 3 is 1.71 bits per heavy atom. The highest BCUT2D eigenvalue weighted by atomic mass is 15.1. The minimum Gasteiger partial charge on any atom is -0.302 e. The van der Waals surface area contributed by atoms with Crippen molar-refractivity contribution in [1.29, 1.82) is 0 Å². The van der Waals surface area contributed by atoms with Gasteiger partial charge in [0.25, 0.3) is 0 Å². The molecule has 17 heavy (non-hydrogen) atoms. The lowest BCUT2D eigenvalue weighted by Gasteiger charge is -2.26. The van der Waals surface area contributed by atoms with Gasteiger partial charge >= 0.3 is 0 Å². The van der Waals surface area contributed by atoms with Crippen molar-refractivity contribution in [1.82, 2.24) is 21.3 Å². The van der Waals surface area contributed by atoms with Crippen LogP contribution in [-0.2, 0) is 0 Å². The highest BCUT2D eigenvalue weighted by Crippen LogP contribution is 2.05. The molecule has 2 rings (SSSR count). The van der Waals surface area contributed by atoms with Crippen LogP contribution in [0.25, 0.3) is 0 Å². The lowest BCUT2D eigenvalue weighted by atomic mass is 10.1. The van der Waals surface area contributed by atoms with Gasteiger partial charge in [0, 0.05) is 0 Å². The van der Waals surface area contributed by atoms with E-state index in [0.717, 1.165) is 13.1 Å². The van der Waals surface area contributed by atoms with Gasteiger partial charge in [0.05, 0.1) is 12.3 Å². The Labute approximate surface area is 105 Å². The summed E-state index contributed by atoms with van der Waals surface area (Å²) < 4.78 is 0. The van der Waals surface area contributed by atoms with Gasteiger partial charge in [-0.25, -0.2) is 0 Å². The van der Waals surface area contributed by atoms with Crippen molar-refractivity contribution in [2.45, 2.75) is 57.3 Å². The molecule has 4 N–H and O–H groups in total. The van der Waals surface area contributed by atoms with E-state index in [1.54, 1.807) is 0 Å². The van der Waals surface area contributed by atoms with Crippen LogP contribution in [0.1, 0.15) is 44.9 Å². The van der Waals surface area contributed by atoms with Gasteiger partial charge in [-0.2, -0.15) is 0 Å². The summed E-state index contributed by atoms with van der Waals surface area (Å²) in [5.41, 5.74) is 0. The second kappa shape index (κ2) is 8.03. The third kappa shape index (κ3) is 5.34. The fourth-order valence-corrected chi connectivity index (χ4v) is 2.69. The minimum absolute atomic E-state index is 0.566. The van der Waals surface area contributed by atoms with E-state index in [4.69, 9.17) is 0 Å². The van der Waals surface area contributed by atoms with Gasteiger partial charge < -0.3 is 21.3 Å². The number of nitrogens with one attached hydrogen (secondary N) is 4. The van der Waals surface area contributed by atoms with Crippen molar-refractivity contribution in [3.63, 3.8) is 0 Å². The molecule has 2 saturated heterocycles. The number of hydrogen-bond acceptors (Lipinski definition) is 4. The topological polar surface area (TPSA) is 48.1 Å². The summed E-state index contributed by atoms with van der Waals surface area (Å²) in [6.45, 7) is 4.61. The molecule has 4 nitrogen and oxygen atoms in total. The maximum Gasteiger partial charge on any atom is 0.0571 e. The normalized spacial score (nSPS) is 30.4. The van der Waals surface area contributed by atoms with Crippen LogP contribution in [-0.4, -0.2) is 38.5 Å². The van der Waals surface area contributed by atoms with E-state index in [2.05, 4.69) is 21.3 Å². The van der Waals surface area contributed by atoms with Crippen molar-refractivity contribution >= 4 is 0 Å². The minimum atomic E-state index is 0.566. The Bertz CT molecular complexity index is 166. The zero-order chi connectivity index (χ0) is 11.8. The zero-order valence-corrected chi connectivity index (χ0v) is 10.9. The molecule has 2 unspecified atom stereocenters. The van der Waals surface area contributed by atoms with Gasteiger partial charge in [-0.1, -0.05) is 0 Å². The Morgan fingerprint density at radius 2 is 1.29 bits per heavy atom. The van der Waals surface area contributed by atoms with Gasteiger partial charge in [-0.15, -0.1) is 0 Å². The van der Waals surface area contributed by atoms with Crippen LogP contribution < -0.4 is 21.3 Å². The van der Waals surface area contributed by atoms with E-state index < -0.39 is 0 Å². The first-order valence-corrected chi connectivity index (χ1v) is 7.39. The molecule has 0 aromatic carbocycles. The molecule has 2 heterocycles. The summed E-state index contributed by atoms with van der Waals surface area (Å²) in [7, 11) is 0. The van der Waals surface area contributed by atoms with Crippen LogP contribution in [0.3, 0.4) is 0 Å². The van der Waals surface area contributed by atoms with E-state index in [1.807, 2.05) is 0 Å². The van der Waals surface area contributed by atoms with Crippen LogP contribution >= 0.6 is 0 Å². The van der Waals surface area contributed by atoms with E-state index in [-0.39, 0.29) is 0 Å². The third-order valence-corrected chi connectivity index (χ3v) is 3.76. The smallest absolute Gasteiger partial charge is 0.0571 e. The Morgan fingerprint density at radius 1 is 0.765 bits per heavy atom. The largest absolute Gasteiger partial charge is 0.302 e. The van der Waals surface area contributed by atoms with Crippen molar-refractivity contribution in [3.8, 4) is 0 Å². The second-order valence-electron chi connectivity index (χ2n) is 5.27. The summed E-state index contributed by atoms with van der Waals surface area (Å²) in [6, 6.07) is 0. The molecule has 2 fully saturated rings. The Kier molecular flexibility index (Phi) is 6.27. The lowest BCUT2D eigenvalue weighted by Crippen LogP contribution is -2.47. The number of hydrogen-bond donors (Lipinski definition) is 4. The van der Waals surface area contributed by atoms with Crippen molar-refractivity contribution in [2.24, 2.45) is 0 Å². The Hall–Kier alpha value is -0.160. The average molecular weight is 240 g/mol. The fraction of sp³-hybridized carbons (Fsp3) is 1.00. The zero-order valence-electron chi connectivity index (χ0n) is 10.9. The summed E-state index contributed by atoms with van der Waals surface area (Å²) in [5, 5.41) is 14.2. The Balaban J connectivity index is 1.42. The maximum atomic E-state index is 3.59. The second-order valence-corrected chi connectivity index (χ2v) is 5.27. The van der Waals surface area contributed by atoms with Crippen LogP contribution in [0.2, 0.25) is 0 Å². The standard InChI is InChI=1S/C13H28N4/c1-3-8-14-12(6-1)16-10-5-11-17-13-7-2-4-9-15-13/h12-17H,1-11H2. The van der Waals surface area contributed by atoms with E-state index in [9.17, 15) is 0 Å². The molecule has 0 aromatic rings. The summed E-state index contributed by atoms with van der Waals surface area (Å²) >= 11 is 0. The molecule has 0 spiro atoms. The fourth-order valence-electron chi connectivity index (χ4n) is 2.69. The SMILES string of the molecule is C1CCC(NCCCNC2CCCCN2)NC1. The highest BCUT2D eigenvalue weighted by molar-refractivity contribution is 4.72. The summed E-state index contributed by atoms with van der Waals surface area (Å²) in [4.78, 5) is 0. The average Bonchev–Trinajstić information content (AvgIpc) is 2.41. The molecule has 0 bridgehead atoms. The number of rotatable bonds is 6. The van der Waals surface area contributed by atoms with E-state index in [1.165, 1.54) is 58.0 Å². The van der Waals surface area contributed by atoms with Crippen LogP contribution in [0, 0.1) is 0 Å². The third-order valence-electron chi connectivity index (χ3n) is 3.76. The number of piperidine rings is 2. The molecule has 2 aliphatic rings. The molecule has 0 saturated carbocycles. The van der Waals surface area contributed by atoms with Crippen molar-refractivity contribution in [2.75, 3.05) is 26.2 Å². The molecule has 2 atom stereocenters. The van der Waals surface area contributed by atoms with Gasteiger partial charge in [0.15, 0.2) is 0 Å². The molecule has 0 aliphatic carbocycles. The van der Waals surface area contributed by atoms with E-state index >= 15 is 0 Å². The molecular weight excluding hydrogens is 212 g/mol. The molecular formula is C13H28N4. The van der Waals surface area contributed by atoms with Crippen molar-refractivity contribution in [3.05, 3.63) is 0 Å². The molecule has 0 aromatic heterocycles. The predicted molar refractivity (Wildman–Crippen MR) is 71.9 cm³/mol. The van der Waals surface area contributed by atoms with Gasteiger partial charge in [-0.05, 0) is 71.1 Å². The van der Waals surface area contributed by atoms with Crippen LogP contribution in [0.15, 0.2) is 0 Å². The summed E-state index contributed by atoms with van der Waals surface area (Å²) in [6.07, 6.45) is 10.4. The van der Waals surface area contributed by atoms with Crippen LogP contribution in [0.5, 0.6) is 0 Å². The highest BCUT2D eigenvalue weighted by Gasteiger charge is 2.12. The van der Waals surface area contributed by atoms with Crippen LogP contribution in [0.4, 0.5) is 0 Å². The summed E-state index contributed by atoms with van der Waals surface area (Å²) in [5.74, 6) is 0. The monoisotopic (exact) mass is 240 g/mol. The van der Waals surface area contributed by atoms with E-state index in [0.29, 0.717) is 12.3 Å². The van der Waals surface area contributed by atoms with Crippen molar-refractivity contribution < 1.29 is 0 Å². The predicted octanol–water partition coefficient (Wildman–Crippen LogP) is 0.755. The molecule has 4 heteroatoms. The van der Waals surface area contributed by atoms with Gasteiger partial charge in [0.2, 0.25) is 0 Å². The molecule has 100 valence electrons. The maximum absolute atomic E-state index is 3.59. The first kappa shape index (κ1) is 13.3. The first-order chi connectivity index (χ1) is 8.45. The molecule has 0 amide bonds. The van der Waals surface area contributed by atoms with Gasteiger partial charge in [-0.3, -0.25) is 0 Å². The molecule has 2 aliphatic heterocycles. The lowest BCUT2D eigenvalue weighted by molar-refractivity contribution is 0.326. The molecule has 0 radical (unpaired) electrons.